The van der Waals surface area contributed by atoms with Gasteiger partial charge in [0.1, 0.15) is 11.2 Å². The highest BCUT2D eigenvalue weighted by Crippen LogP contribution is 2.09. The Morgan fingerprint density at radius 1 is 0.714 bits per heavy atom. The van der Waals surface area contributed by atoms with Crippen molar-refractivity contribution in [2.24, 2.45) is 0 Å². The molecule has 8 heteroatoms. The van der Waals surface area contributed by atoms with Crippen LogP contribution in [-0.2, 0) is 28.5 Å². The zero-order valence-corrected chi connectivity index (χ0v) is 18.4. The summed E-state index contributed by atoms with van der Waals surface area (Å²) >= 11 is 0. The van der Waals surface area contributed by atoms with E-state index in [1.54, 1.807) is 0 Å². The molecule has 0 aliphatic carbocycles. The van der Waals surface area contributed by atoms with Gasteiger partial charge in [0.05, 0.1) is 45.9 Å². The van der Waals surface area contributed by atoms with E-state index >= 15 is 0 Å². The summed E-state index contributed by atoms with van der Waals surface area (Å²) < 4.78 is 21.4. The molecule has 0 rings (SSSR count). The molecule has 166 valence electrons. The Morgan fingerprint density at radius 2 is 1.11 bits per heavy atom. The first-order valence-electron chi connectivity index (χ1n) is 9.85. The van der Waals surface area contributed by atoms with Gasteiger partial charge in [-0.15, -0.1) is 0 Å². The number of esters is 2. The van der Waals surface area contributed by atoms with Gasteiger partial charge in [0.15, 0.2) is 0 Å². The fraction of sp³-hybridized carbons (Fsp3) is 0.900. The minimum absolute atomic E-state index is 0.0375. The minimum atomic E-state index is -0.488. The maximum absolute atomic E-state index is 11.6. The fourth-order valence-electron chi connectivity index (χ4n) is 2.16. The van der Waals surface area contributed by atoms with Crippen LogP contribution in [0.1, 0.15) is 54.4 Å². The Balaban J connectivity index is 3.83. The van der Waals surface area contributed by atoms with Gasteiger partial charge >= 0.3 is 11.9 Å². The molecular weight excluding hydrogens is 366 g/mol. The number of hydrogen-bond acceptors (Lipinski definition) is 8. The minimum Gasteiger partial charge on any atom is -0.460 e. The SMILES string of the molecule is CC(C)(C)OC(=O)CCOCCN(CCO)CCOCCC(=O)OC(C)(C)C. The lowest BCUT2D eigenvalue weighted by Crippen LogP contribution is -2.34. The van der Waals surface area contributed by atoms with Crippen LogP contribution in [0.3, 0.4) is 0 Å². The monoisotopic (exact) mass is 405 g/mol. The molecule has 0 aliphatic rings. The van der Waals surface area contributed by atoms with Gasteiger partial charge in [-0.05, 0) is 41.5 Å². The van der Waals surface area contributed by atoms with Crippen LogP contribution in [0.2, 0.25) is 0 Å². The average molecular weight is 406 g/mol. The lowest BCUT2D eigenvalue weighted by atomic mass is 10.2. The van der Waals surface area contributed by atoms with Crippen molar-refractivity contribution in [1.82, 2.24) is 4.90 Å². The van der Waals surface area contributed by atoms with Crippen molar-refractivity contribution in [2.45, 2.75) is 65.6 Å². The second kappa shape index (κ2) is 13.9. The number of hydrogen-bond donors (Lipinski definition) is 1. The number of aliphatic hydroxyl groups is 1. The molecule has 0 unspecified atom stereocenters. The predicted molar refractivity (Wildman–Crippen MR) is 106 cm³/mol. The Morgan fingerprint density at radius 3 is 1.43 bits per heavy atom. The van der Waals surface area contributed by atoms with E-state index in [1.165, 1.54) is 0 Å². The lowest BCUT2D eigenvalue weighted by molar-refractivity contribution is -0.157. The van der Waals surface area contributed by atoms with Crippen molar-refractivity contribution >= 4 is 11.9 Å². The molecule has 28 heavy (non-hydrogen) atoms. The molecule has 0 aromatic carbocycles. The van der Waals surface area contributed by atoms with Crippen molar-refractivity contribution in [2.75, 3.05) is 52.7 Å². The highest BCUT2D eigenvalue weighted by molar-refractivity contribution is 5.70. The van der Waals surface area contributed by atoms with Gasteiger partial charge in [0.25, 0.3) is 0 Å². The van der Waals surface area contributed by atoms with E-state index in [9.17, 15) is 9.59 Å². The zero-order chi connectivity index (χ0) is 21.6. The third-order valence-corrected chi connectivity index (χ3v) is 3.26. The molecule has 0 amide bonds. The largest absolute Gasteiger partial charge is 0.460 e. The molecule has 8 nitrogen and oxygen atoms in total. The summed E-state index contributed by atoms with van der Waals surface area (Å²) in [6.07, 6.45) is 0.427. The quantitative estimate of drug-likeness (QED) is 0.345. The number of aliphatic hydroxyl groups excluding tert-OH is 1. The van der Waals surface area contributed by atoms with Crippen molar-refractivity contribution in [3.8, 4) is 0 Å². The predicted octanol–water partition coefficient (Wildman–Crippen LogP) is 1.78. The van der Waals surface area contributed by atoms with Crippen molar-refractivity contribution in [3.63, 3.8) is 0 Å². The number of carbonyl (C=O) groups excluding carboxylic acids is 2. The summed E-state index contributed by atoms with van der Waals surface area (Å²) in [5.74, 6) is -0.559. The van der Waals surface area contributed by atoms with Crippen LogP contribution < -0.4 is 0 Å². The van der Waals surface area contributed by atoms with E-state index in [0.717, 1.165) is 0 Å². The number of nitrogens with zero attached hydrogens (tertiary/aromatic N) is 1. The summed E-state index contributed by atoms with van der Waals surface area (Å²) in [6.45, 7) is 14.2. The molecule has 0 aromatic heterocycles. The molecule has 0 heterocycles. The van der Waals surface area contributed by atoms with Crippen LogP contribution in [0.25, 0.3) is 0 Å². The third kappa shape index (κ3) is 18.2. The highest BCUT2D eigenvalue weighted by Gasteiger charge is 2.16. The Labute approximate surface area is 169 Å². The van der Waals surface area contributed by atoms with E-state index in [4.69, 9.17) is 24.1 Å². The van der Waals surface area contributed by atoms with Gasteiger partial charge < -0.3 is 24.1 Å². The molecule has 0 aliphatic heterocycles. The standard InChI is InChI=1S/C20H39NO7/c1-19(2,3)27-17(23)7-13-25-15-10-21(9-12-22)11-16-26-14-8-18(24)28-20(4,5)6/h22H,7-16H2,1-6H3. The molecule has 0 atom stereocenters. The molecule has 0 fully saturated rings. The van der Waals surface area contributed by atoms with Gasteiger partial charge in [0, 0.05) is 19.6 Å². The molecule has 0 saturated carbocycles. The van der Waals surface area contributed by atoms with Crippen molar-refractivity contribution in [1.29, 1.82) is 0 Å². The molecule has 0 radical (unpaired) electrons. The van der Waals surface area contributed by atoms with Crippen molar-refractivity contribution in [3.05, 3.63) is 0 Å². The maximum atomic E-state index is 11.6. The second-order valence-electron chi connectivity index (χ2n) is 8.46. The first kappa shape index (κ1) is 26.8. The average Bonchev–Trinajstić information content (AvgIpc) is 2.50. The third-order valence-electron chi connectivity index (χ3n) is 3.26. The maximum Gasteiger partial charge on any atom is 0.308 e. The normalized spacial score (nSPS) is 12.3. The molecule has 0 bridgehead atoms. The summed E-state index contributed by atoms with van der Waals surface area (Å²) in [4.78, 5) is 25.2. The fourth-order valence-corrected chi connectivity index (χ4v) is 2.16. The van der Waals surface area contributed by atoms with E-state index in [2.05, 4.69) is 0 Å². The number of carbonyl (C=O) groups is 2. The number of rotatable bonds is 14. The smallest absolute Gasteiger partial charge is 0.308 e. The van der Waals surface area contributed by atoms with Gasteiger partial charge in [0.2, 0.25) is 0 Å². The van der Waals surface area contributed by atoms with Crippen LogP contribution >= 0.6 is 0 Å². The summed E-state index contributed by atoms with van der Waals surface area (Å²) in [6, 6.07) is 0. The molecular formula is C20H39NO7. The Hall–Kier alpha value is -1.22. The first-order valence-corrected chi connectivity index (χ1v) is 9.85. The zero-order valence-electron chi connectivity index (χ0n) is 18.4. The molecule has 0 aromatic rings. The Bertz CT molecular complexity index is 403. The van der Waals surface area contributed by atoms with E-state index in [0.29, 0.717) is 46.1 Å². The lowest BCUT2D eigenvalue weighted by Gasteiger charge is -2.22. The van der Waals surface area contributed by atoms with Gasteiger partial charge in [-0.2, -0.15) is 0 Å². The van der Waals surface area contributed by atoms with Gasteiger partial charge in [-0.3, -0.25) is 14.5 Å². The molecule has 0 saturated heterocycles. The van der Waals surface area contributed by atoms with Crippen LogP contribution in [0.4, 0.5) is 0 Å². The topological polar surface area (TPSA) is 94.5 Å². The van der Waals surface area contributed by atoms with Crippen LogP contribution in [-0.4, -0.2) is 85.8 Å². The summed E-state index contributed by atoms with van der Waals surface area (Å²) in [7, 11) is 0. The van der Waals surface area contributed by atoms with E-state index in [-0.39, 0.29) is 31.4 Å². The number of ether oxygens (including phenoxy) is 4. The molecule has 0 spiro atoms. The van der Waals surface area contributed by atoms with Crippen molar-refractivity contribution < 1.29 is 33.6 Å². The van der Waals surface area contributed by atoms with E-state index in [1.807, 2.05) is 46.4 Å². The van der Waals surface area contributed by atoms with Crippen LogP contribution in [0.15, 0.2) is 0 Å². The summed E-state index contributed by atoms with van der Waals surface area (Å²) in [5, 5.41) is 9.16. The van der Waals surface area contributed by atoms with Gasteiger partial charge in [-0.25, -0.2) is 0 Å². The second-order valence-corrected chi connectivity index (χ2v) is 8.46. The highest BCUT2D eigenvalue weighted by atomic mass is 16.6. The Kier molecular flexibility index (Phi) is 13.3. The first-order chi connectivity index (χ1) is 12.9. The molecule has 1 N–H and O–H groups in total. The van der Waals surface area contributed by atoms with Crippen LogP contribution in [0.5, 0.6) is 0 Å². The van der Waals surface area contributed by atoms with Gasteiger partial charge in [-0.1, -0.05) is 0 Å². The van der Waals surface area contributed by atoms with Crippen LogP contribution in [0, 0.1) is 0 Å². The summed E-state index contributed by atoms with van der Waals surface area (Å²) in [5.41, 5.74) is -0.975. The van der Waals surface area contributed by atoms with E-state index < -0.39 is 11.2 Å².